The van der Waals surface area contributed by atoms with Crippen LogP contribution in [-0.2, 0) is 14.3 Å². The Morgan fingerprint density at radius 2 is 2.00 bits per heavy atom. The summed E-state index contributed by atoms with van der Waals surface area (Å²) in [6.07, 6.45) is 0. The molecule has 0 aromatic carbocycles. The van der Waals surface area contributed by atoms with Crippen molar-refractivity contribution in [1.82, 2.24) is 0 Å². The zero-order chi connectivity index (χ0) is 7.33. The molecule has 0 fully saturated rings. The number of rotatable bonds is 4. The van der Waals surface area contributed by atoms with Gasteiger partial charge >= 0.3 is 29.6 Å². The van der Waals surface area contributed by atoms with Gasteiger partial charge in [0.15, 0.2) is 0 Å². The van der Waals surface area contributed by atoms with Crippen LogP contribution in [0.1, 0.15) is 6.92 Å². The van der Waals surface area contributed by atoms with Crippen molar-refractivity contribution in [2.75, 3.05) is 17.7 Å². The van der Waals surface area contributed by atoms with Gasteiger partial charge in [-0.25, -0.2) is 0 Å². The molecule has 0 heterocycles. The van der Waals surface area contributed by atoms with Gasteiger partial charge in [-0.1, -0.05) is 15.9 Å². The Morgan fingerprint density at radius 3 is 2.30 bits per heavy atom. The zero-order valence-electron chi connectivity index (χ0n) is 5.13. The van der Waals surface area contributed by atoms with E-state index in [1.807, 2.05) is 0 Å². The van der Waals surface area contributed by atoms with Crippen LogP contribution in [0, 0.1) is 0 Å². The van der Waals surface area contributed by atoms with Crippen molar-refractivity contribution in [2.24, 2.45) is 0 Å². The molecule has 6 heteroatoms. The second-order valence-electron chi connectivity index (χ2n) is 1.36. The molecule has 0 unspecified atom stereocenters. The predicted molar refractivity (Wildman–Crippen MR) is 46.4 cm³/mol. The van der Waals surface area contributed by atoms with Gasteiger partial charge in [0.25, 0.3) is 10.1 Å². The van der Waals surface area contributed by atoms with Crippen LogP contribution in [-0.4, -0.2) is 55.7 Å². The number of alkyl halides is 1. The van der Waals surface area contributed by atoms with E-state index in [2.05, 4.69) is 20.1 Å². The third kappa shape index (κ3) is 7.50. The second-order valence-corrected chi connectivity index (χ2v) is 4.08. The third-order valence-corrected chi connectivity index (χ3v) is 2.25. The average Bonchev–Trinajstić information content (AvgIpc) is 1.84. The third-order valence-electron chi connectivity index (χ3n) is 0.694. The second kappa shape index (κ2) is 7.06. The summed E-state index contributed by atoms with van der Waals surface area (Å²) >= 11 is 3.04. The standard InChI is InChI=1S/C4H9BrO3S.Na.H/c1-2-9(6,7)8-4-3-5;;/h2-4H2,1H3;;. The van der Waals surface area contributed by atoms with Gasteiger partial charge in [0.05, 0.1) is 12.4 Å². The summed E-state index contributed by atoms with van der Waals surface area (Å²) in [5, 5.41) is 0.548. The van der Waals surface area contributed by atoms with E-state index in [0.29, 0.717) is 5.33 Å². The van der Waals surface area contributed by atoms with Gasteiger partial charge in [-0.15, -0.1) is 0 Å². The van der Waals surface area contributed by atoms with Crippen molar-refractivity contribution in [3.8, 4) is 0 Å². The van der Waals surface area contributed by atoms with Gasteiger partial charge in [0, 0.05) is 5.33 Å². The molecular formula is C4H10BrNaO3S. The first-order chi connectivity index (χ1) is 4.12. The Hall–Kier alpha value is 1.39. The Bertz CT molecular complexity index is 156. The van der Waals surface area contributed by atoms with Gasteiger partial charge in [-0.3, -0.25) is 4.18 Å². The van der Waals surface area contributed by atoms with Crippen molar-refractivity contribution in [3.63, 3.8) is 0 Å². The molecule has 0 bridgehead atoms. The minimum atomic E-state index is -3.21. The molecule has 0 atom stereocenters. The predicted octanol–water partition coefficient (Wildman–Crippen LogP) is 0.0991. The molecule has 58 valence electrons. The molecule has 0 saturated heterocycles. The van der Waals surface area contributed by atoms with Crippen LogP contribution >= 0.6 is 15.9 Å². The van der Waals surface area contributed by atoms with Crippen molar-refractivity contribution in [2.45, 2.75) is 6.92 Å². The molecule has 0 aliphatic heterocycles. The van der Waals surface area contributed by atoms with Gasteiger partial charge in [0.2, 0.25) is 0 Å². The summed E-state index contributed by atoms with van der Waals surface area (Å²) in [6.45, 7) is 1.76. The maximum atomic E-state index is 10.5. The normalized spacial score (nSPS) is 10.6. The summed E-state index contributed by atoms with van der Waals surface area (Å²) in [6, 6.07) is 0. The molecule has 0 radical (unpaired) electrons. The van der Waals surface area contributed by atoms with E-state index in [4.69, 9.17) is 0 Å². The van der Waals surface area contributed by atoms with Gasteiger partial charge in [-0.05, 0) is 6.92 Å². The van der Waals surface area contributed by atoms with Gasteiger partial charge in [0.1, 0.15) is 0 Å². The van der Waals surface area contributed by atoms with E-state index in [1.54, 1.807) is 6.92 Å². The Kier molecular flexibility index (Phi) is 9.85. The summed E-state index contributed by atoms with van der Waals surface area (Å²) in [5.74, 6) is 0.0417. The van der Waals surface area contributed by atoms with Crippen LogP contribution in [0.2, 0.25) is 0 Å². The summed E-state index contributed by atoms with van der Waals surface area (Å²) < 4.78 is 25.5. The van der Waals surface area contributed by atoms with Gasteiger partial charge in [-0.2, -0.15) is 8.42 Å². The van der Waals surface area contributed by atoms with E-state index in [-0.39, 0.29) is 41.9 Å². The summed E-state index contributed by atoms with van der Waals surface area (Å²) in [7, 11) is -3.21. The van der Waals surface area contributed by atoms with E-state index >= 15 is 0 Å². The van der Waals surface area contributed by atoms with Crippen molar-refractivity contribution in [1.29, 1.82) is 0 Å². The van der Waals surface area contributed by atoms with Crippen LogP contribution in [0.4, 0.5) is 0 Å². The van der Waals surface area contributed by atoms with Crippen LogP contribution < -0.4 is 0 Å². The molecule has 0 aliphatic carbocycles. The first kappa shape index (κ1) is 13.9. The molecule has 0 aromatic rings. The maximum absolute atomic E-state index is 10.5. The molecule has 0 aromatic heterocycles. The molecule has 0 rings (SSSR count). The molecule has 0 aliphatic rings. The van der Waals surface area contributed by atoms with E-state index in [0.717, 1.165) is 0 Å². The molecule has 0 spiro atoms. The van der Waals surface area contributed by atoms with E-state index < -0.39 is 10.1 Å². The Balaban J connectivity index is 0. The fourth-order valence-corrected chi connectivity index (χ4v) is 1.12. The topological polar surface area (TPSA) is 43.4 Å². The van der Waals surface area contributed by atoms with Gasteiger partial charge < -0.3 is 0 Å². The molecule has 0 saturated carbocycles. The van der Waals surface area contributed by atoms with Crippen LogP contribution in [0.15, 0.2) is 0 Å². The quantitative estimate of drug-likeness (QED) is 0.398. The van der Waals surface area contributed by atoms with E-state index in [1.165, 1.54) is 0 Å². The molecule has 3 nitrogen and oxygen atoms in total. The fraction of sp³-hybridized carbons (Fsp3) is 1.00. The molecular weight excluding hydrogens is 231 g/mol. The molecule has 0 amide bonds. The first-order valence-corrected chi connectivity index (χ1v) is 5.25. The first-order valence-electron chi connectivity index (χ1n) is 2.55. The fourth-order valence-electron chi connectivity index (χ4n) is 0.242. The average molecular weight is 241 g/mol. The molecule has 10 heavy (non-hydrogen) atoms. The number of halogens is 1. The SMILES string of the molecule is CCS(=O)(=O)OCCBr.[NaH]. The van der Waals surface area contributed by atoms with E-state index in [9.17, 15) is 8.42 Å². The van der Waals surface area contributed by atoms with Crippen LogP contribution in [0.3, 0.4) is 0 Å². The van der Waals surface area contributed by atoms with Crippen molar-refractivity contribution < 1.29 is 12.6 Å². The number of hydrogen-bond acceptors (Lipinski definition) is 3. The van der Waals surface area contributed by atoms with Crippen LogP contribution in [0.25, 0.3) is 0 Å². The van der Waals surface area contributed by atoms with Crippen molar-refractivity contribution >= 4 is 55.6 Å². The Labute approximate surface area is 92.1 Å². The zero-order valence-corrected chi connectivity index (χ0v) is 7.53. The van der Waals surface area contributed by atoms with Crippen LogP contribution in [0.5, 0.6) is 0 Å². The minimum absolute atomic E-state index is 0. The Morgan fingerprint density at radius 1 is 1.50 bits per heavy atom. The van der Waals surface area contributed by atoms with Crippen molar-refractivity contribution in [3.05, 3.63) is 0 Å². The number of hydrogen-bond donors (Lipinski definition) is 0. The molecule has 0 N–H and O–H groups in total. The monoisotopic (exact) mass is 240 g/mol. The summed E-state index contributed by atoms with van der Waals surface area (Å²) in [5.41, 5.74) is 0. The summed E-state index contributed by atoms with van der Waals surface area (Å²) in [4.78, 5) is 0.